The fourth-order valence-electron chi connectivity index (χ4n) is 1.45. The molecule has 1 atom stereocenters. The Hall–Kier alpha value is -1.56. The van der Waals surface area contributed by atoms with Crippen molar-refractivity contribution in [3.05, 3.63) is 21.9 Å². The first-order valence-corrected chi connectivity index (χ1v) is 6.63. The zero-order chi connectivity index (χ0) is 13.5. The molecule has 0 radical (unpaired) electrons. The normalized spacial score (nSPS) is 11.9. The molecule has 0 aliphatic rings. The molecule has 18 heavy (non-hydrogen) atoms. The molecule has 6 heteroatoms. The van der Waals surface area contributed by atoms with Gasteiger partial charge in [-0.2, -0.15) is 0 Å². The maximum atomic E-state index is 11.5. The summed E-state index contributed by atoms with van der Waals surface area (Å²) in [6, 6.07) is 1.74. The molecule has 1 rings (SSSR count). The first kappa shape index (κ1) is 14.5. The Morgan fingerprint density at radius 3 is 2.72 bits per heavy atom. The maximum absolute atomic E-state index is 11.5. The molecule has 0 fully saturated rings. The lowest BCUT2D eigenvalue weighted by Gasteiger charge is -2.11. The number of carbonyl (C=O) groups excluding carboxylic acids is 1. The van der Waals surface area contributed by atoms with Crippen molar-refractivity contribution in [1.29, 1.82) is 0 Å². The SMILES string of the molecule is Cc1ccsc1CNC(=O)NCC(C)CC(=O)O. The number of aliphatic carboxylic acids is 1. The van der Waals surface area contributed by atoms with Crippen LogP contribution in [0.2, 0.25) is 0 Å². The second-order valence-electron chi connectivity index (χ2n) is 4.29. The lowest BCUT2D eigenvalue weighted by molar-refractivity contribution is -0.137. The van der Waals surface area contributed by atoms with E-state index in [1.54, 1.807) is 18.3 Å². The van der Waals surface area contributed by atoms with E-state index in [0.717, 1.165) is 4.88 Å². The number of rotatable bonds is 6. The summed E-state index contributed by atoms with van der Waals surface area (Å²) in [5.74, 6) is -0.921. The molecule has 1 aromatic heterocycles. The molecule has 1 aromatic rings. The third kappa shape index (κ3) is 5.18. The van der Waals surface area contributed by atoms with Crippen LogP contribution >= 0.6 is 11.3 Å². The number of carboxylic acids is 1. The molecule has 0 saturated carbocycles. The zero-order valence-corrected chi connectivity index (χ0v) is 11.3. The molecular formula is C12H18N2O3S. The smallest absolute Gasteiger partial charge is 0.315 e. The van der Waals surface area contributed by atoms with E-state index in [-0.39, 0.29) is 18.4 Å². The lowest BCUT2D eigenvalue weighted by Crippen LogP contribution is -2.37. The van der Waals surface area contributed by atoms with Gasteiger partial charge in [-0.25, -0.2) is 4.79 Å². The maximum Gasteiger partial charge on any atom is 0.315 e. The van der Waals surface area contributed by atoms with Gasteiger partial charge < -0.3 is 15.7 Å². The van der Waals surface area contributed by atoms with Gasteiger partial charge in [-0.3, -0.25) is 4.79 Å². The van der Waals surface area contributed by atoms with Crippen molar-refractivity contribution in [3.63, 3.8) is 0 Å². The zero-order valence-electron chi connectivity index (χ0n) is 10.5. The largest absolute Gasteiger partial charge is 0.481 e. The van der Waals surface area contributed by atoms with Gasteiger partial charge in [0.1, 0.15) is 0 Å². The van der Waals surface area contributed by atoms with Gasteiger partial charge in [0.05, 0.1) is 6.54 Å². The molecule has 0 aromatic carbocycles. The second kappa shape index (κ2) is 7.00. The molecule has 0 saturated heterocycles. The number of thiophene rings is 1. The quantitative estimate of drug-likeness (QED) is 0.739. The summed E-state index contributed by atoms with van der Waals surface area (Å²) in [5.41, 5.74) is 1.17. The summed E-state index contributed by atoms with van der Waals surface area (Å²) in [6.45, 7) is 4.66. The van der Waals surface area contributed by atoms with E-state index >= 15 is 0 Å². The second-order valence-corrected chi connectivity index (χ2v) is 5.29. The van der Waals surface area contributed by atoms with Crippen LogP contribution in [0.4, 0.5) is 4.79 Å². The van der Waals surface area contributed by atoms with Gasteiger partial charge in [-0.05, 0) is 29.9 Å². The number of hydrogen-bond donors (Lipinski definition) is 3. The van der Waals surface area contributed by atoms with Crippen molar-refractivity contribution < 1.29 is 14.7 Å². The van der Waals surface area contributed by atoms with Crippen LogP contribution in [0.5, 0.6) is 0 Å². The molecule has 100 valence electrons. The summed E-state index contributed by atoms with van der Waals surface area (Å²) in [7, 11) is 0. The highest BCUT2D eigenvalue weighted by atomic mass is 32.1. The molecule has 5 nitrogen and oxygen atoms in total. The van der Waals surface area contributed by atoms with Crippen LogP contribution < -0.4 is 10.6 Å². The monoisotopic (exact) mass is 270 g/mol. The van der Waals surface area contributed by atoms with Crippen LogP contribution in [-0.4, -0.2) is 23.7 Å². The molecular weight excluding hydrogens is 252 g/mol. The standard InChI is InChI=1S/C12H18N2O3S/c1-8(5-11(15)16)6-13-12(17)14-7-10-9(2)3-4-18-10/h3-4,8H,5-7H2,1-2H3,(H,15,16)(H2,13,14,17). The van der Waals surface area contributed by atoms with Crippen molar-refractivity contribution in [2.75, 3.05) is 6.54 Å². The molecule has 3 N–H and O–H groups in total. The number of aryl methyl sites for hydroxylation is 1. The van der Waals surface area contributed by atoms with Gasteiger partial charge >= 0.3 is 12.0 Å². The molecule has 0 spiro atoms. The molecule has 2 amide bonds. The third-order valence-electron chi connectivity index (χ3n) is 2.51. The predicted molar refractivity (Wildman–Crippen MR) is 70.7 cm³/mol. The molecule has 0 bridgehead atoms. The number of amides is 2. The Balaban J connectivity index is 2.22. The fraction of sp³-hybridized carbons (Fsp3) is 0.500. The van der Waals surface area contributed by atoms with E-state index in [1.807, 2.05) is 18.4 Å². The topological polar surface area (TPSA) is 78.4 Å². The Morgan fingerprint density at radius 1 is 1.44 bits per heavy atom. The average molecular weight is 270 g/mol. The van der Waals surface area contributed by atoms with Crippen molar-refractivity contribution >= 4 is 23.3 Å². The minimum Gasteiger partial charge on any atom is -0.481 e. The van der Waals surface area contributed by atoms with E-state index in [9.17, 15) is 9.59 Å². The average Bonchev–Trinajstić information content (AvgIpc) is 2.68. The highest BCUT2D eigenvalue weighted by molar-refractivity contribution is 7.10. The summed E-state index contributed by atoms with van der Waals surface area (Å²) in [5, 5.41) is 16.0. The van der Waals surface area contributed by atoms with Crippen LogP contribution in [-0.2, 0) is 11.3 Å². The number of nitrogens with one attached hydrogen (secondary N) is 2. The van der Waals surface area contributed by atoms with Gasteiger partial charge in [0, 0.05) is 17.8 Å². The first-order chi connectivity index (χ1) is 8.49. The number of hydrogen-bond acceptors (Lipinski definition) is 3. The van der Waals surface area contributed by atoms with Crippen LogP contribution in [0.1, 0.15) is 23.8 Å². The van der Waals surface area contributed by atoms with Gasteiger partial charge in [0.25, 0.3) is 0 Å². The Bertz CT molecular complexity index is 417. The van der Waals surface area contributed by atoms with Crippen LogP contribution in [0.25, 0.3) is 0 Å². The van der Waals surface area contributed by atoms with E-state index in [4.69, 9.17) is 5.11 Å². The number of carboxylic acid groups (broad SMARTS) is 1. The van der Waals surface area contributed by atoms with Crippen molar-refractivity contribution in [1.82, 2.24) is 10.6 Å². The van der Waals surface area contributed by atoms with E-state index in [0.29, 0.717) is 13.1 Å². The Morgan fingerprint density at radius 2 is 2.17 bits per heavy atom. The van der Waals surface area contributed by atoms with Crippen LogP contribution in [0, 0.1) is 12.8 Å². The highest BCUT2D eigenvalue weighted by Gasteiger charge is 2.09. The van der Waals surface area contributed by atoms with Crippen molar-refractivity contribution in [2.45, 2.75) is 26.8 Å². The Labute approximate surface area is 110 Å². The summed E-state index contributed by atoms with van der Waals surface area (Å²) in [4.78, 5) is 23.0. The fourth-order valence-corrected chi connectivity index (χ4v) is 2.29. The van der Waals surface area contributed by atoms with E-state index < -0.39 is 5.97 Å². The number of urea groups is 1. The van der Waals surface area contributed by atoms with E-state index in [2.05, 4.69) is 10.6 Å². The summed E-state index contributed by atoms with van der Waals surface area (Å²) < 4.78 is 0. The minimum atomic E-state index is -0.848. The van der Waals surface area contributed by atoms with Crippen molar-refractivity contribution in [3.8, 4) is 0 Å². The molecule has 0 aliphatic heterocycles. The van der Waals surface area contributed by atoms with Gasteiger partial charge in [0.15, 0.2) is 0 Å². The first-order valence-electron chi connectivity index (χ1n) is 5.75. The van der Waals surface area contributed by atoms with Gasteiger partial charge in [-0.15, -0.1) is 11.3 Å². The van der Waals surface area contributed by atoms with E-state index in [1.165, 1.54) is 5.56 Å². The summed E-state index contributed by atoms with van der Waals surface area (Å²) >= 11 is 1.60. The Kier molecular flexibility index (Phi) is 5.64. The molecule has 1 unspecified atom stereocenters. The lowest BCUT2D eigenvalue weighted by atomic mass is 10.1. The van der Waals surface area contributed by atoms with Crippen molar-refractivity contribution in [2.24, 2.45) is 5.92 Å². The molecule has 0 aliphatic carbocycles. The molecule has 1 heterocycles. The van der Waals surface area contributed by atoms with Crippen LogP contribution in [0.3, 0.4) is 0 Å². The highest BCUT2D eigenvalue weighted by Crippen LogP contribution is 2.14. The number of carbonyl (C=O) groups is 2. The van der Waals surface area contributed by atoms with Crippen LogP contribution in [0.15, 0.2) is 11.4 Å². The predicted octanol–water partition coefficient (Wildman–Crippen LogP) is 1.97. The van der Waals surface area contributed by atoms with Gasteiger partial charge in [-0.1, -0.05) is 6.92 Å². The minimum absolute atomic E-state index is 0.0598. The summed E-state index contributed by atoms with van der Waals surface area (Å²) in [6.07, 6.45) is 0.0598. The third-order valence-corrected chi connectivity index (χ3v) is 3.53. The van der Waals surface area contributed by atoms with Gasteiger partial charge in [0.2, 0.25) is 0 Å².